The van der Waals surface area contributed by atoms with Gasteiger partial charge in [-0.2, -0.15) is 0 Å². The second-order valence-electron chi connectivity index (χ2n) is 8.75. The number of nitrogens with zero attached hydrogens (tertiary/aromatic N) is 6. The highest BCUT2D eigenvalue weighted by Crippen LogP contribution is 2.37. The number of fused-ring (bicyclic) bond motifs is 1. The summed E-state index contributed by atoms with van der Waals surface area (Å²) in [6, 6.07) is 15.1. The molecule has 0 N–H and O–H groups in total. The van der Waals surface area contributed by atoms with Gasteiger partial charge in [-0.1, -0.05) is 6.07 Å². The zero-order valence-corrected chi connectivity index (χ0v) is 20.0. The van der Waals surface area contributed by atoms with Gasteiger partial charge in [0.2, 0.25) is 0 Å². The number of hydrogen-bond donors (Lipinski definition) is 0. The van der Waals surface area contributed by atoms with Crippen LogP contribution in [0.4, 0.5) is 11.4 Å². The minimum atomic E-state index is -0.673. The van der Waals surface area contributed by atoms with E-state index in [1.807, 2.05) is 64.9 Å². The Morgan fingerprint density at radius 1 is 1.08 bits per heavy atom. The molecule has 0 fully saturated rings. The minimum absolute atomic E-state index is 0.0267. The standard InChI is InChI=1S/C27H24N6O3/c1-3-36-26(35)13-24-25(34)15-31(23-6-4-5-20-27(23)32(24)16-29-20)18-7-9-19(10-8-18)33-17(2)30-21-14-28-12-11-22(21)33/h4-12,14,16,24H,3,13,15H2,1-2H3. The molecule has 1 aliphatic rings. The molecule has 2 aromatic carbocycles. The lowest BCUT2D eigenvalue weighted by Gasteiger charge is -2.24. The Kier molecular flexibility index (Phi) is 5.25. The molecule has 1 unspecified atom stereocenters. The Balaban J connectivity index is 1.41. The number of aromatic nitrogens is 5. The molecular weight excluding hydrogens is 456 g/mol. The fourth-order valence-corrected chi connectivity index (χ4v) is 5.01. The van der Waals surface area contributed by atoms with Crippen LogP contribution in [0.25, 0.3) is 27.8 Å². The van der Waals surface area contributed by atoms with E-state index < -0.39 is 12.0 Å². The summed E-state index contributed by atoms with van der Waals surface area (Å²) in [4.78, 5) is 41.1. The van der Waals surface area contributed by atoms with E-state index in [0.29, 0.717) is 0 Å². The molecule has 180 valence electrons. The van der Waals surface area contributed by atoms with Crippen LogP contribution in [0.1, 0.15) is 25.2 Å². The molecule has 1 aliphatic heterocycles. The van der Waals surface area contributed by atoms with Crippen molar-refractivity contribution < 1.29 is 14.3 Å². The molecule has 3 aromatic heterocycles. The first-order valence-electron chi connectivity index (χ1n) is 11.9. The van der Waals surface area contributed by atoms with Crippen molar-refractivity contribution >= 4 is 45.2 Å². The van der Waals surface area contributed by atoms with Crippen LogP contribution in [0.3, 0.4) is 0 Å². The van der Waals surface area contributed by atoms with E-state index in [4.69, 9.17) is 4.74 Å². The van der Waals surface area contributed by atoms with E-state index in [-0.39, 0.29) is 25.4 Å². The number of rotatable bonds is 5. The number of Topliss-reactive ketones (excluding diaryl/α,β-unsaturated/α-hetero) is 1. The van der Waals surface area contributed by atoms with E-state index in [0.717, 1.165) is 45.0 Å². The van der Waals surface area contributed by atoms with Crippen LogP contribution in [0.2, 0.25) is 0 Å². The Hall–Kier alpha value is -4.53. The summed E-state index contributed by atoms with van der Waals surface area (Å²) in [5, 5.41) is 0. The molecule has 5 aromatic rings. The van der Waals surface area contributed by atoms with Crippen LogP contribution < -0.4 is 4.90 Å². The maximum atomic E-state index is 13.5. The van der Waals surface area contributed by atoms with Crippen molar-refractivity contribution in [1.29, 1.82) is 0 Å². The lowest BCUT2D eigenvalue weighted by atomic mass is 10.1. The Bertz CT molecular complexity index is 1620. The largest absolute Gasteiger partial charge is 0.466 e. The topological polar surface area (TPSA) is 95.1 Å². The normalized spacial score (nSPS) is 15.4. The summed E-state index contributed by atoms with van der Waals surface area (Å²) in [6.07, 6.45) is 5.13. The highest BCUT2D eigenvalue weighted by atomic mass is 16.5. The van der Waals surface area contributed by atoms with Crippen LogP contribution in [0.15, 0.2) is 67.3 Å². The highest BCUT2D eigenvalue weighted by molar-refractivity contribution is 6.01. The molecule has 0 spiro atoms. The molecule has 6 rings (SSSR count). The first-order chi connectivity index (χ1) is 17.5. The number of anilines is 2. The Morgan fingerprint density at radius 3 is 2.69 bits per heavy atom. The highest BCUT2D eigenvalue weighted by Gasteiger charge is 2.32. The fourth-order valence-electron chi connectivity index (χ4n) is 5.01. The summed E-state index contributed by atoms with van der Waals surface area (Å²) in [6.45, 7) is 4.13. The van der Waals surface area contributed by atoms with Gasteiger partial charge >= 0.3 is 5.97 Å². The van der Waals surface area contributed by atoms with Crippen LogP contribution in [0.5, 0.6) is 0 Å². The molecule has 0 radical (unpaired) electrons. The van der Waals surface area contributed by atoms with E-state index in [1.165, 1.54) is 0 Å². The van der Waals surface area contributed by atoms with Gasteiger partial charge in [-0.05, 0) is 56.3 Å². The van der Waals surface area contributed by atoms with E-state index in [1.54, 1.807) is 25.6 Å². The second-order valence-corrected chi connectivity index (χ2v) is 8.75. The third-order valence-electron chi connectivity index (χ3n) is 6.59. The maximum Gasteiger partial charge on any atom is 0.308 e. The van der Waals surface area contributed by atoms with E-state index in [2.05, 4.69) is 19.5 Å². The molecule has 1 atom stereocenters. The number of ether oxygens (including phenoxy) is 1. The third-order valence-corrected chi connectivity index (χ3v) is 6.59. The van der Waals surface area contributed by atoms with Crippen molar-refractivity contribution in [3.8, 4) is 5.69 Å². The number of benzene rings is 2. The predicted molar refractivity (Wildman–Crippen MR) is 136 cm³/mol. The number of aryl methyl sites for hydroxylation is 1. The summed E-state index contributed by atoms with van der Waals surface area (Å²) in [7, 11) is 0. The second kappa shape index (κ2) is 8.60. The Morgan fingerprint density at radius 2 is 1.89 bits per heavy atom. The first kappa shape index (κ1) is 22.0. The number of para-hydroxylation sites is 1. The first-order valence-corrected chi connectivity index (χ1v) is 11.9. The van der Waals surface area contributed by atoms with Crippen molar-refractivity contribution in [2.75, 3.05) is 18.1 Å². The van der Waals surface area contributed by atoms with Crippen molar-refractivity contribution in [2.45, 2.75) is 26.3 Å². The van der Waals surface area contributed by atoms with Gasteiger partial charge in [-0.3, -0.25) is 19.1 Å². The average Bonchev–Trinajstić information content (AvgIpc) is 3.43. The van der Waals surface area contributed by atoms with Gasteiger partial charge in [-0.15, -0.1) is 0 Å². The third kappa shape index (κ3) is 3.51. The van der Waals surface area contributed by atoms with E-state index in [9.17, 15) is 9.59 Å². The van der Waals surface area contributed by atoms with Gasteiger partial charge < -0.3 is 14.2 Å². The molecule has 0 amide bonds. The predicted octanol–water partition coefficient (Wildman–Crippen LogP) is 4.29. The molecule has 9 nitrogen and oxygen atoms in total. The van der Waals surface area contributed by atoms with Crippen LogP contribution in [-0.4, -0.2) is 49.0 Å². The lowest BCUT2D eigenvalue weighted by molar-refractivity contribution is -0.145. The molecule has 0 bridgehead atoms. The van der Waals surface area contributed by atoms with Crippen LogP contribution in [-0.2, 0) is 14.3 Å². The molecule has 36 heavy (non-hydrogen) atoms. The zero-order chi connectivity index (χ0) is 24.8. The van der Waals surface area contributed by atoms with Crippen molar-refractivity contribution in [3.05, 3.63) is 73.1 Å². The molecule has 0 aliphatic carbocycles. The number of carbonyl (C=O) groups is 2. The van der Waals surface area contributed by atoms with Gasteiger partial charge in [0, 0.05) is 17.6 Å². The van der Waals surface area contributed by atoms with Crippen molar-refractivity contribution in [3.63, 3.8) is 0 Å². The molecule has 4 heterocycles. The summed E-state index contributed by atoms with van der Waals surface area (Å²) in [5.41, 5.74) is 6.12. The van der Waals surface area contributed by atoms with Gasteiger partial charge in [0.05, 0.1) is 54.3 Å². The molecular formula is C27H24N6O3. The van der Waals surface area contributed by atoms with Gasteiger partial charge in [0.15, 0.2) is 5.78 Å². The summed E-state index contributed by atoms with van der Waals surface area (Å²) < 4.78 is 9.04. The fraction of sp³-hybridized carbons (Fsp3) is 0.222. The number of carbonyl (C=O) groups excluding carboxylic acids is 2. The monoisotopic (exact) mass is 480 g/mol. The minimum Gasteiger partial charge on any atom is -0.466 e. The SMILES string of the molecule is CCOC(=O)CC1C(=O)CN(c2ccc(-n3c(C)nc4cnccc43)cc2)c2cccc3ncn1c23. The van der Waals surface area contributed by atoms with Crippen molar-refractivity contribution in [2.24, 2.45) is 0 Å². The number of pyridine rings is 1. The molecule has 9 heteroatoms. The van der Waals surface area contributed by atoms with Gasteiger partial charge in [0.1, 0.15) is 17.4 Å². The molecule has 0 saturated carbocycles. The smallest absolute Gasteiger partial charge is 0.308 e. The van der Waals surface area contributed by atoms with Crippen molar-refractivity contribution in [1.82, 2.24) is 24.1 Å². The number of hydrogen-bond acceptors (Lipinski definition) is 7. The Labute approximate surface area is 207 Å². The number of esters is 1. The summed E-state index contributed by atoms with van der Waals surface area (Å²) in [5.74, 6) is 0.392. The number of imidazole rings is 2. The summed E-state index contributed by atoms with van der Waals surface area (Å²) >= 11 is 0. The lowest BCUT2D eigenvalue weighted by Crippen LogP contribution is -2.30. The average molecular weight is 481 g/mol. The number of ketones is 1. The quantitative estimate of drug-likeness (QED) is 0.346. The maximum absolute atomic E-state index is 13.5. The van der Waals surface area contributed by atoms with E-state index >= 15 is 0 Å². The molecule has 0 saturated heterocycles. The van der Waals surface area contributed by atoms with Crippen LogP contribution >= 0.6 is 0 Å². The van der Waals surface area contributed by atoms with Crippen LogP contribution in [0, 0.1) is 6.92 Å². The van der Waals surface area contributed by atoms with Gasteiger partial charge in [0.25, 0.3) is 0 Å². The zero-order valence-electron chi connectivity index (χ0n) is 20.0. The van der Waals surface area contributed by atoms with Gasteiger partial charge in [-0.25, -0.2) is 9.97 Å².